The monoisotopic (exact) mass is 460 g/mol. The van der Waals surface area contributed by atoms with Crippen molar-refractivity contribution in [1.82, 2.24) is 4.90 Å². The lowest BCUT2D eigenvalue weighted by Crippen LogP contribution is -2.39. The van der Waals surface area contributed by atoms with Crippen molar-refractivity contribution in [1.29, 1.82) is 0 Å². The van der Waals surface area contributed by atoms with E-state index in [2.05, 4.69) is 0 Å². The number of carbonyl (C=O) groups is 2. The third-order valence-electron chi connectivity index (χ3n) is 5.66. The number of hydrogen-bond donors (Lipinski definition) is 0. The molecular formula is C23H13F5N2O3. The van der Waals surface area contributed by atoms with Gasteiger partial charge in [-0.2, -0.15) is 8.78 Å². The summed E-state index contributed by atoms with van der Waals surface area (Å²) in [4.78, 5) is 28.3. The Balaban J connectivity index is 1.47. The number of nitrogens with zero attached hydrogens (tertiary/aromatic N) is 2. The van der Waals surface area contributed by atoms with Gasteiger partial charge in [0.05, 0.1) is 5.69 Å². The fourth-order valence-corrected chi connectivity index (χ4v) is 4.03. The summed E-state index contributed by atoms with van der Waals surface area (Å²) in [5.41, 5.74) is 1.90. The SMILES string of the molecule is O=C1[C@@H]2Cc3ccccc3CN2C(=O)N1c1cccc(Oc2c(F)c(F)c(F)c(F)c2F)c1. The van der Waals surface area contributed by atoms with Gasteiger partial charge < -0.3 is 9.64 Å². The summed E-state index contributed by atoms with van der Waals surface area (Å²) < 4.78 is 73.1. The molecule has 0 spiro atoms. The molecule has 0 unspecified atom stereocenters. The summed E-state index contributed by atoms with van der Waals surface area (Å²) in [5, 5.41) is 0. The van der Waals surface area contributed by atoms with Crippen LogP contribution < -0.4 is 9.64 Å². The molecule has 3 aromatic rings. The Bertz CT molecular complexity index is 1260. The standard InChI is InChI=1S/C23H13F5N2O3/c24-16-17(25)19(27)21(20(28)18(16)26)33-14-7-3-6-13(9-14)30-22(31)15-8-11-4-1-2-5-12(11)10-29(15)23(30)32/h1-7,9,15H,8,10H2/t15-/m0/s1. The predicted octanol–water partition coefficient (Wildman–Crippen LogP) is 5.07. The average Bonchev–Trinajstić information content (AvgIpc) is 3.07. The quantitative estimate of drug-likeness (QED) is 0.238. The smallest absolute Gasteiger partial charge is 0.332 e. The highest BCUT2D eigenvalue weighted by Gasteiger charge is 2.47. The van der Waals surface area contributed by atoms with Crippen LogP contribution in [-0.4, -0.2) is 22.9 Å². The van der Waals surface area contributed by atoms with Crippen LogP contribution in [0.2, 0.25) is 0 Å². The average molecular weight is 460 g/mol. The summed E-state index contributed by atoms with van der Waals surface area (Å²) in [6, 6.07) is 11.1. The second-order valence-electron chi connectivity index (χ2n) is 7.57. The van der Waals surface area contributed by atoms with Gasteiger partial charge in [-0.15, -0.1) is 0 Å². The molecular weight excluding hydrogens is 447 g/mol. The van der Waals surface area contributed by atoms with Crippen molar-refractivity contribution in [3.05, 3.63) is 88.7 Å². The predicted molar refractivity (Wildman–Crippen MR) is 105 cm³/mol. The molecule has 0 bridgehead atoms. The van der Waals surface area contributed by atoms with E-state index in [9.17, 15) is 31.5 Å². The number of imide groups is 1. The van der Waals surface area contributed by atoms with E-state index in [1.54, 1.807) is 0 Å². The van der Waals surface area contributed by atoms with Crippen LogP contribution in [0.1, 0.15) is 11.1 Å². The van der Waals surface area contributed by atoms with Gasteiger partial charge in [-0.25, -0.2) is 22.9 Å². The van der Waals surface area contributed by atoms with Crippen LogP contribution in [0.25, 0.3) is 0 Å². The maximum atomic E-state index is 14.0. The number of halogens is 5. The number of urea groups is 1. The van der Waals surface area contributed by atoms with Gasteiger partial charge in [0.1, 0.15) is 11.8 Å². The summed E-state index contributed by atoms with van der Waals surface area (Å²) >= 11 is 0. The number of carbonyl (C=O) groups excluding carboxylic acids is 2. The van der Waals surface area contributed by atoms with Crippen LogP contribution in [0.15, 0.2) is 48.5 Å². The fraction of sp³-hybridized carbons (Fsp3) is 0.130. The Morgan fingerprint density at radius 3 is 2.12 bits per heavy atom. The van der Waals surface area contributed by atoms with Crippen molar-refractivity contribution in [2.45, 2.75) is 19.0 Å². The number of amides is 3. The third-order valence-corrected chi connectivity index (χ3v) is 5.66. The van der Waals surface area contributed by atoms with E-state index >= 15 is 0 Å². The lowest BCUT2D eigenvalue weighted by Gasteiger charge is -2.28. The molecule has 1 saturated heterocycles. The van der Waals surface area contributed by atoms with E-state index in [1.807, 2.05) is 24.3 Å². The van der Waals surface area contributed by atoms with Crippen molar-refractivity contribution in [2.75, 3.05) is 4.90 Å². The second-order valence-corrected chi connectivity index (χ2v) is 7.57. The molecule has 10 heteroatoms. The molecule has 5 rings (SSSR count). The van der Waals surface area contributed by atoms with Crippen LogP contribution >= 0.6 is 0 Å². The highest BCUT2D eigenvalue weighted by Crippen LogP contribution is 2.36. The molecule has 2 heterocycles. The fourth-order valence-electron chi connectivity index (χ4n) is 4.03. The second kappa shape index (κ2) is 7.58. The largest absolute Gasteiger partial charge is 0.451 e. The molecule has 3 amide bonds. The molecule has 2 aliphatic rings. The Hall–Kier alpha value is -3.95. The number of fused-ring (bicyclic) bond motifs is 2. The number of ether oxygens (including phenoxy) is 1. The van der Waals surface area contributed by atoms with Crippen molar-refractivity contribution in [3.8, 4) is 11.5 Å². The van der Waals surface area contributed by atoms with Crippen molar-refractivity contribution >= 4 is 17.6 Å². The Kier molecular flexibility index (Phi) is 4.80. The van der Waals surface area contributed by atoms with Crippen LogP contribution in [0.4, 0.5) is 32.4 Å². The first kappa shape index (κ1) is 20.9. The normalized spacial score (nSPS) is 17.3. The zero-order valence-corrected chi connectivity index (χ0v) is 16.6. The van der Waals surface area contributed by atoms with Crippen molar-refractivity contribution < 1.29 is 36.3 Å². The number of rotatable bonds is 3. The molecule has 0 aliphatic carbocycles. The van der Waals surface area contributed by atoms with E-state index < -0.39 is 52.8 Å². The van der Waals surface area contributed by atoms with Gasteiger partial charge in [0.25, 0.3) is 5.91 Å². The zero-order valence-electron chi connectivity index (χ0n) is 16.6. The van der Waals surface area contributed by atoms with E-state index in [1.165, 1.54) is 23.1 Å². The van der Waals surface area contributed by atoms with E-state index in [4.69, 9.17) is 4.74 Å². The van der Waals surface area contributed by atoms with Gasteiger partial charge in [0.15, 0.2) is 0 Å². The van der Waals surface area contributed by atoms with E-state index in [-0.39, 0.29) is 18.0 Å². The molecule has 33 heavy (non-hydrogen) atoms. The van der Waals surface area contributed by atoms with Gasteiger partial charge in [-0.1, -0.05) is 30.3 Å². The zero-order chi connectivity index (χ0) is 23.4. The molecule has 0 saturated carbocycles. The Morgan fingerprint density at radius 2 is 1.42 bits per heavy atom. The molecule has 3 aromatic carbocycles. The summed E-state index contributed by atoms with van der Waals surface area (Å²) in [6.07, 6.45) is 0.331. The first-order chi connectivity index (χ1) is 15.8. The van der Waals surface area contributed by atoms with Crippen LogP contribution in [-0.2, 0) is 17.8 Å². The number of benzene rings is 3. The molecule has 1 fully saturated rings. The van der Waals surface area contributed by atoms with Crippen LogP contribution in [0.3, 0.4) is 0 Å². The van der Waals surface area contributed by atoms with Crippen LogP contribution in [0.5, 0.6) is 11.5 Å². The minimum atomic E-state index is -2.31. The Labute approximate surface area is 183 Å². The lowest BCUT2D eigenvalue weighted by molar-refractivity contribution is -0.120. The highest BCUT2D eigenvalue weighted by molar-refractivity contribution is 6.21. The first-order valence-corrected chi connectivity index (χ1v) is 9.78. The highest BCUT2D eigenvalue weighted by atomic mass is 19.2. The summed E-state index contributed by atoms with van der Waals surface area (Å²) in [5.74, 6) is -13.2. The van der Waals surface area contributed by atoms with Crippen LogP contribution in [0, 0.1) is 29.1 Å². The Morgan fingerprint density at radius 1 is 0.788 bits per heavy atom. The third kappa shape index (κ3) is 3.21. The summed E-state index contributed by atoms with van der Waals surface area (Å²) in [7, 11) is 0. The topological polar surface area (TPSA) is 49.9 Å². The molecule has 168 valence electrons. The van der Waals surface area contributed by atoms with Crippen molar-refractivity contribution in [2.24, 2.45) is 0 Å². The molecule has 0 radical (unpaired) electrons. The maximum absolute atomic E-state index is 14.0. The van der Waals surface area contributed by atoms with Gasteiger partial charge in [0, 0.05) is 19.0 Å². The molecule has 2 aliphatic heterocycles. The molecule has 0 N–H and O–H groups in total. The molecule has 5 nitrogen and oxygen atoms in total. The van der Waals surface area contributed by atoms with E-state index in [0.717, 1.165) is 22.1 Å². The van der Waals surface area contributed by atoms with Gasteiger partial charge >= 0.3 is 6.03 Å². The summed E-state index contributed by atoms with van der Waals surface area (Å²) in [6.45, 7) is 0.239. The first-order valence-electron chi connectivity index (χ1n) is 9.78. The molecule has 1 atom stereocenters. The van der Waals surface area contributed by atoms with Gasteiger partial charge in [-0.3, -0.25) is 4.79 Å². The van der Waals surface area contributed by atoms with E-state index in [0.29, 0.717) is 6.42 Å². The van der Waals surface area contributed by atoms with Gasteiger partial charge in [-0.05, 0) is 23.3 Å². The number of hydrogen-bond acceptors (Lipinski definition) is 3. The van der Waals surface area contributed by atoms with Gasteiger partial charge in [0.2, 0.25) is 34.8 Å². The minimum absolute atomic E-state index is 0.0322. The lowest BCUT2D eigenvalue weighted by atomic mass is 9.95. The molecule has 0 aromatic heterocycles. The number of anilines is 1. The minimum Gasteiger partial charge on any atom is -0.451 e. The van der Waals surface area contributed by atoms with Crippen molar-refractivity contribution in [3.63, 3.8) is 0 Å². The maximum Gasteiger partial charge on any atom is 0.332 e.